The maximum absolute atomic E-state index is 11.0. The Morgan fingerprint density at radius 1 is 0.958 bits per heavy atom. The van der Waals surface area contributed by atoms with E-state index < -0.39 is 42.3 Å². The van der Waals surface area contributed by atoms with Crippen molar-refractivity contribution >= 4 is 23.7 Å². The molecule has 0 aliphatic carbocycles. The highest BCUT2D eigenvalue weighted by Crippen LogP contribution is 2.08. The molecule has 0 spiro atoms. The number of Topliss-reactive ketones (excluding diaryl/α,β-unsaturated/α-hetero) is 1. The predicted molar refractivity (Wildman–Crippen MR) is 85.2 cm³/mol. The molecule has 1 heterocycles. The van der Waals surface area contributed by atoms with Crippen LogP contribution in [0.15, 0.2) is 0 Å². The fraction of sp³-hybridized carbons (Fsp3) is 0.750. The summed E-state index contributed by atoms with van der Waals surface area (Å²) in [5.74, 6) is -1.65. The number of ketones is 1. The molecule has 0 amide bonds. The highest BCUT2D eigenvalue weighted by atomic mass is 16.6. The molecular weight excluding hydrogens is 320 g/mol. The Bertz CT molecular complexity index is 412. The van der Waals surface area contributed by atoms with Gasteiger partial charge in [-0.1, -0.05) is 13.8 Å². The van der Waals surface area contributed by atoms with Crippen LogP contribution in [-0.4, -0.2) is 55.2 Å². The zero-order valence-electron chi connectivity index (χ0n) is 15.6. The summed E-state index contributed by atoms with van der Waals surface area (Å²) in [7, 11) is 1.41. The lowest BCUT2D eigenvalue weighted by atomic mass is 10.3. The first-order chi connectivity index (χ1) is 11.1. The van der Waals surface area contributed by atoms with E-state index in [0.29, 0.717) is 0 Å². The van der Waals surface area contributed by atoms with Crippen molar-refractivity contribution in [2.24, 2.45) is 0 Å². The van der Waals surface area contributed by atoms with Crippen LogP contribution in [0.4, 0.5) is 0 Å². The lowest BCUT2D eigenvalue weighted by molar-refractivity contribution is -0.191. The second-order valence-corrected chi connectivity index (χ2v) is 4.73. The van der Waals surface area contributed by atoms with E-state index >= 15 is 0 Å². The van der Waals surface area contributed by atoms with Gasteiger partial charge in [0, 0.05) is 7.11 Å². The molecule has 0 N–H and O–H groups in total. The lowest BCUT2D eigenvalue weighted by Gasteiger charge is -2.22. The second-order valence-electron chi connectivity index (χ2n) is 4.73. The van der Waals surface area contributed by atoms with Crippen LogP contribution in [-0.2, 0) is 38.1 Å². The predicted octanol–water partition coefficient (Wildman–Crippen LogP) is 1.43. The number of hydrogen-bond donors (Lipinski definition) is 0. The molecule has 1 aliphatic rings. The number of carbonyl (C=O) groups excluding carboxylic acids is 4. The van der Waals surface area contributed by atoms with Crippen molar-refractivity contribution in [1.82, 2.24) is 0 Å². The van der Waals surface area contributed by atoms with Crippen LogP contribution in [0.25, 0.3) is 0 Å². The zero-order valence-corrected chi connectivity index (χ0v) is 15.6. The van der Waals surface area contributed by atoms with Gasteiger partial charge in [0.1, 0.15) is 0 Å². The van der Waals surface area contributed by atoms with E-state index in [9.17, 15) is 19.2 Å². The second kappa shape index (κ2) is 12.5. The van der Waals surface area contributed by atoms with Gasteiger partial charge >= 0.3 is 17.9 Å². The van der Waals surface area contributed by atoms with Crippen LogP contribution in [0.2, 0.25) is 0 Å². The Morgan fingerprint density at radius 2 is 1.33 bits per heavy atom. The third-order valence-corrected chi connectivity index (χ3v) is 2.80. The van der Waals surface area contributed by atoms with Crippen molar-refractivity contribution in [3.8, 4) is 0 Å². The molecule has 4 unspecified atom stereocenters. The highest BCUT2D eigenvalue weighted by molar-refractivity contribution is 5.86. The zero-order chi connectivity index (χ0) is 19.4. The van der Waals surface area contributed by atoms with Crippen molar-refractivity contribution in [2.75, 3.05) is 7.11 Å². The van der Waals surface area contributed by atoms with Gasteiger partial charge in [-0.25, -0.2) is 14.4 Å². The van der Waals surface area contributed by atoms with Crippen molar-refractivity contribution in [1.29, 1.82) is 0 Å². The van der Waals surface area contributed by atoms with Gasteiger partial charge in [-0.3, -0.25) is 4.79 Å². The number of rotatable bonds is 4. The van der Waals surface area contributed by atoms with Crippen LogP contribution >= 0.6 is 0 Å². The van der Waals surface area contributed by atoms with Gasteiger partial charge in [0.2, 0.25) is 0 Å². The molecule has 0 aromatic carbocycles. The molecule has 24 heavy (non-hydrogen) atoms. The Kier molecular flexibility index (Phi) is 12.6. The molecule has 0 aromatic heterocycles. The van der Waals surface area contributed by atoms with Gasteiger partial charge in [-0.05, 0) is 34.6 Å². The lowest BCUT2D eigenvalue weighted by Crippen LogP contribution is -2.40. The van der Waals surface area contributed by atoms with Gasteiger partial charge in [0.05, 0.1) is 0 Å². The van der Waals surface area contributed by atoms with Gasteiger partial charge in [-0.15, -0.1) is 0 Å². The number of ether oxygens (including phenoxy) is 4. The number of carbonyl (C=O) groups is 4. The number of esters is 3. The summed E-state index contributed by atoms with van der Waals surface area (Å²) in [6, 6.07) is 0. The normalized spacial score (nSPS) is 21.5. The Morgan fingerprint density at radius 3 is 1.62 bits per heavy atom. The SMILES string of the molecule is CC.CC1OC(=O)C(C)OC1=O.COC(C)C(=O)OC(C)C(C)=O. The maximum atomic E-state index is 11.0. The Hall–Kier alpha value is -1.96. The molecule has 8 heteroatoms. The van der Waals surface area contributed by atoms with E-state index in [2.05, 4.69) is 9.47 Å². The fourth-order valence-corrected chi connectivity index (χ4v) is 1.09. The van der Waals surface area contributed by atoms with E-state index in [0.717, 1.165) is 0 Å². The first kappa shape index (κ1) is 24.3. The van der Waals surface area contributed by atoms with Crippen molar-refractivity contribution in [2.45, 2.75) is 72.9 Å². The monoisotopic (exact) mass is 348 g/mol. The topological polar surface area (TPSA) is 105 Å². The minimum Gasteiger partial charge on any atom is -0.453 e. The van der Waals surface area contributed by atoms with Crippen molar-refractivity contribution < 1.29 is 38.1 Å². The first-order valence-corrected chi connectivity index (χ1v) is 7.74. The van der Waals surface area contributed by atoms with E-state index in [1.807, 2.05) is 13.8 Å². The summed E-state index contributed by atoms with van der Waals surface area (Å²) in [4.78, 5) is 43.0. The summed E-state index contributed by atoms with van der Waals surface area (Å²) in [5.41, 5.74) is 0. The van der Waals surface area contributed by atoms with Gasteiger partial charge in [-0.2, -0.15) is 0 Å². The van der Waals surface area contributed by atoms with Crippen molar-refractivity contribution in [3.63, 3.8) is 0 Å². The fourth-order valence-electron chi connectivity index (χ4n) is 1.09. The molecule has 140 valence electrons. The third kappa shape index (κ3) is 9.24. The molecular formula is C16H28O8. The molecule has 1 rings (SSSR count). The van der Waals surface area contributed by atoms with Crippen molar-refractivity contribution in [3.05, 3.63) is 0 Å². The first-order valence-electron chi connectivity index (χ1n) is 7.74. The minimum atomic E-state index is -0.747. The molecule has 0 radical (unpaired) electrons. The van der Waals surface area contributed by atoms with Crippen LogP contribution in [0, 0.1) is 0 Å². The van der Waals surface area contributed by atoms with E-state index in [-0.39, 0.29) is 5.78 Å². The number of cyclic esters (lactones) is 2. The smallest absolute Gasteiger partial charge is 0.347 e. The van der Waals surface area contributed by atoms with E-state index in [1.54, 1.807) is 6.92 Å². The summed E-state index contributed by atoms with van der Waals surface area (Å²) in [6.07, 6.45) is -2.80. The molecule has 1 fully saturated rings. The van der Waals surface area contributed by atoms with Crippen LogP contribution < -0.4 is 0 Å². The summed E-state index contributed by atoms with van der Waals surface area (Å²) in [6.45, 7) is 11.4. The molecule has 0 aromatic rings. The summed E-state index contributed by atoms with van der Waals surface area (Å²) < 4.78 is 18.7. The molecule has 8 nitrogen and oxygen atoms in total. The van der Waals surface area contributed by atoms with Crippen LogP contribution in [0.3, 0.4) is 0 Å². The molecule has 0 bridgehead atoms. The van der Waals surface area contributed by atoms with Gasteiger partial charge in [0.15, 0.2) is 30.2 Å². The van der Waals surface area contributed by atoms with Gasteiger partial charge < -0.3 is 18.9 Å². The van der Waals surface area contributed by atoms with Crippen LogP contribution in [0.5, 0.6) is 0 Å². The Balaban J connectivity index is 0. The summed E-state index contributed by atoms with van der Waals surface area (Å²) >= 11 is 0. The summed E-state index contributed by atoms with van der Waals surface area (Å²) in [5, 5.41) is 0. The van der Waals surface area contributed by atoms with E-state index in [4.69, 9.17) is 9.47 Å². The Labute approximate surface area is 142 Å². The molecule has 1 aliphatic heterocycles. The molecule has 0 saturated carbocycles. The standard InChI is InChI=1S/C8H14O4.C6H8O4.C2H6/c1-5(9)6(2)12-8(10)7(3)11-4;1-3-5(7)10-4(2)6(8)9-3;1-2/h6-7H,1-4H3;3-4H,1-2H3;1-2H3. The molecule has 4 atom stereocenters. The largest absolute Gasteiger partial charge is 0.453 e. The minimum absolute atomic E-state index is 0.174. The van der Waals surface area contributed by atoms with Crippen LogP contribution in [0.1, 0.15) is 48.5 Å². The highest BCUT2D eigenvalue weighted by Gasteiger charge is 2.32. The third-order valence-electron chi connectivity index (χ3n) is 2.80. The quantitative estimate of drug-likeness (QED) is 0.555. The number of hydrogen-bond acceptors (Lipinski definition) is 8. The average molecular weight is 348 g/mol. The molecule has 1 saturated heterocycles. The van der Waals surface area contributed by atoms with E-state index in [1.165, 1.54) is 34.8 Å². The maximum Gasteiger partial charge on any atom is 0.347 e. The number of methoxy groups -OCH3 is 1. The van der Waals surface area contributed by atoms with Gasteiger partial charge in [0.25, 0.3) is 0 Å². The average Bonchev–Trinajstić information content (AvgIpc) is 2.54.